The van der Waals surface area contributed by atoms with Gasteiger partial charge in [0.25, 0.3) is 5.91 Å². The van der Waals surface area contributed by atoms with Crippen LogP contribution in [0.1, 0.15) is 15.9 Å². The lowest BCUT2D eigenvalue weighted by atomic mass is 10.1. The van der Waals surface area contributed by atoms with Gasteiger partial charge in [0.15, 0.2) is 0 Å². The van der Waals surface area contributed by atoms with Crippen LogP contribution in [0, 0.1) is 5.53 Å². The molecule has 27 heavy (non-hydrogen) atoms. The van der Waals surface area contributed by atoms with Crippen LogP contribution in [0.5, 0.6) is 0 Å². The minimum absolute atomic E-state index is 0.226. The van der Waals surface area contributed by atoms with Gasteiger partial charge in [-0.05, 0) is 48.0 Å². The van der Waals surface area contributed by atoms with Crippen molar-refractivity contribution < 1.29 is 4.79 Å². The molecule has 0 saturated carbocycles. The van der Waals surface area contributed by atoms with Crippen LogP contribution in [0.25, 0.3) is 0 Å². The number of thiol groups is 1. The summed E-state index contributed by atoms with van der Waals surface area (Å²) in [5.74, 6) is -0.226. The molecule has 0 fully saturated rings. The number of nitrogens with zero attached hydrogens (tertiary/aromatic N) is 2. The molecule has 0 aromatic heterocycles. The average molecular weight is 376 g/mol. The molecule has 0 aliphatic carbocycles. The van der Waals surface area contributed by atoms with Gasteiger partial charge in [0.1, 0.15) is 0 Å². The number of hydrogen-bond acceptors (Lipinski definition) is 5. The van der Waals surface area contributed by atoms with E-state index in [1.54, 1.807) is 18.2 Å². The number of nitrogens with one attached hydrogen (secondary N) is 2. The second-order valence-corrected chi connectivity index (χ2v) is 6.64. The number of benzene rings is 3. The molecule has 5 nitrogen and oxygen atoms in total. The van der Waals surface area contributed by atoms with Crippen LogP contribution in [0.3, 0.4) is 0 Å². The Kier molecular flexibility index (Phi) is 5.88. The first kappa shape index (κ1) is 18.7. The lowest BCUT2D eigenvalue weighted by Crippen LogP contribution is -2.16. The highest BCUT2D eigenvalue weighted by Gasteiger charge is 2.09. The van der Waals surface area contributed by atoms with Crippen molar-refractivity contribution in [1.82, 2.24) is 0 Å². The first-order chi connectivity index (χ1) is 13.1. The smallest absolute Gasteiger partial charge is 0.255 e. The largest absolute Gasteiger partial charge is 0.370 e. The van der Waals surface area contributed by atoms with Crippen LogP contribution < -0.4 is 10.2 Å². The number of amides is 1. The molecule has 3 rings (SSSR count). The van der Waals surface area contributed by atoms with Crippen molar-refractivity contribution in [3.05, 3.63) is 83.9 Å². The number of anilines is 2. The van der Waals surface area contributed by atoms with Crippen molar-refractivity contribution >= 4 is 35.6 Å². The van der Waals surface area contributed by atoms with Crippen molar-refractivity contribution in [3.8, 4) is 0 Å². The Bertz CT molecular complexity index is 942. The second kappa shape index (κ2) is 8.51. The van der Waals surface area contributed by atoms with E-state index in [2.05, 4.69) is 40.1 Å². The second-order valence-electron chi connectivity index (χ2n) is 6.16. The fraction of sp³-hybridized carbons (Fsp3) is 0.0952. The SMILES string of the molecule is CN(Cc1ccc(NC(=O)c2ccc(N=N)c(S)c2)cc1)c1ccccc1. The number of carbonyl (C=O) groups is 1. The standard InChI is InChI=1S/C21H20N4OS/c1-25(18-5-3-2-4-6-18)14-15-7-10-17(11-8-15)23-21(26)16-9-12-19(24-22)20(27)13-16/h2-13,22,27H,14H2,1H3,(H,23,26). The monoisotopic (exact) mass is 376 g/mol. The fourth-order valence-electron chi connectivity index (χ4n) is 2.70. The summed E-state index contributed by atoms with van der Waals surface area (Å²) in [5.41, 5.74) is 11.0. The molecule has 1 amide bonds. The Morgan fingerprint density at radius 3 is 2.41 bits per heavy atom. The van der Waals surface area contributed by atoms with E-state index < -0.39 is 0 Å². The molecular formula is C21H20N4OS. The van der Waals surface area contributed by atoms with Gasteiger partial charge >= 0.3 is 0 Å². The third kappa shape index (κ3) is 4.74. The van der Waals surface area contributed by atoms with Gasteiger partial charge in [0, 0.05) is 35.4 Å². The highest BCUT2D eigenvalue weighted by atomic mass is 32.1. The Morgan fingerprint density at radius 2 is 1.78 bits per heavy atom. The quantitative estimate of drug-likeness (QED) is 0.391. The average Bonchev–Trinajstić information content (AvgIpc) is 2.70. The lowest BCUT2D eigenvalue weighted by molar-refractivity contribution is 0.102. The predicted octanol–water partition coefficient (Wildman–Crippen LogP) is 5.53. The van der Waals surface area contributed by atoms with Gasteiger partial charge in [-0.2, -0.15) is 5.11 Å². The van der Waals surface area contributed by atoms with Crippen LogP contribution >= 0.6 is 12.6 Å². The molecule has 0 spiro atoms. The molecule has 0 bridgehead atoms. The first-order valence-corrected chi connectivity index (χ1v) is 8.88. The van der Waals surface area contributed by atoms with Crippen LogP contribution in [0.4, 0.5) is 17.1 Å². The van der Waals surface area contributed by atoms with Gasteiger partial charge in [0.05, 0.1) is 5.69 Å². The molecule has 0 aliphatic rings. The highest BCUT2D eigenvalue weighted by Crippen LogP contribution is 2.24. The van der Waals surface area contributed by atoms with E-state index in [-0.39, 0.29) is 5.91 Å². The summed E-state index contributed by atoms with van der Waals surface area (Å²) >= 11 is 4.25. The third-order valence-electron chi connectivity index (χ3n) is 4.19. The molecule has 136 valence electrons. The maximum atomic E-state index is 12.4. The summed E-state index contributed by atoms with van der Waals surface area (Å²) in [7, 11) is 2.05. The molecule has 0 unspecified atom stereocenters. The summed E-state index contributed by atoms with van der Waals surface area (Å²) in [6, 6.07) is 22.8. The van der Waals surface area contributed by atoms with E-state index >= 15 is 0 Å². The minimum Gasteiger partial charge on any atom is -0.370 e. The molecule has 0 radical (unpaired) electrons. The van der Waals surface area contributed by atoms with Crippen LogP contribution in [0.15, 0.2) is 82.8 Å². The van der Waals surface area contributed by atoms with E-state index in [9.17, 15) is 4.79 Å². The van der Waals surface area contributed by atoms with Gasteiger partial charge in [-0.1, -0.05) is 30.3 Å². The van der Waals surface area contributed by atoms with Crippen molar-refractivity contribution in [2.75, 3.05) is 17.3 Å². The zero-order valence-corrected chi connectivity index (χ0v) is 15.8. The molecule has 0 atom stereocenters. The minimum atomic E-state index is -0.226. The summed E-state index contributed by atoms with van der Waals surface area (Å²) in [4.78, 5) is 15.0. The number of hydrogen-bond donors (Lipinski definition) is 3. The Balaban J connectivity index is 1.64. The molecule has 3 aromatic carbocycles. The topological polar surface area (TPSA) is 68.6 Å². The Hall–Kier alpha value is -3.12. The summed E-state index contributed by atoms with van der Waals surface area (Å²) in [5, 5.41) is 6.22. The molecule has 6 heteroatoms. The van der Waals surface area contributed by atoms with Gasteiger partial charge in [0.2, 0.25) is 0 Å². The zero-order chi connectivity index (χ0) is 19.2. The molecule has 0 heterocycles. The van der Waals surface area contributed by atoms with Crippen molar-refractivity contribution in [2.24, 2.45) is 5.11 Å². The maximum Gasteiger partial charge on any atom is 0.255 e. The van der Waals surface area contributed by atoms with E-state index in [1.807, 2.05) is 49.5 Å². The number of para-hydroxylation sites is 1. The summed E-state index contributed by atoms with van der Waals surface area (Å²) in [6.07, 6.45) is 0. The van der Waals surface area contributed by atoms with Gasteiger partial charge in [-0.15, -0.1) is 12.6 Å². The Labute approximate surface area is 164 Å². The predicted molar refractivity (Wildman–Crippen MR) is 111 cm³/mol. The van der Waals surface area contributed by atoms with E-state index in [0.717, 1.165) is 23.5 Å². The summed E-state index contributed by atoms with van der Waals surface area (Å²) in [6.45, 7) is 0.777. The highest BCUT2D eigenvalue weighted by molar-refractivity contribution is 7.80. The van der Waals surface area contributed by atoms with Crippen molar-refractivity contribution in [2.45, 2.75) is 11.4 Å². The molecule has 0 aliphatic heterocycles. The first-order valence-electron chi connectivity index (χ1n) is 8.44. The van der Waals surface area contributed by atoms with Crippen LogP contribution in [-0.4, -0.2) is 13.0 Å². The number of rotatable bonds is 6. The van der Waals surface area contributed by atoms with Crippen molar-refractivity contribution in [3.63, 3.8) is 0 Å². The summed E-state index contributed by atoms with van der Waals surface area (Å²) < 4.78 is 0. The number of carbonyl (C=O) groups excluding carboxylic acids is 1. The molecule has 0 saturated heterocycles. The lowest BCUT2D eigenvalue weighted by Gasteiger charge is -2.19. The maximum absolute atomic E-state index is 12.4. The van der Waals surface area contributed by atoms with Gasteiger partial charge < -0.3 is 10.2 Å². The van der Waals surface area contributed by atoms with Crippen LogP contribution in [0.2, 0.25) is 0 Å². The van der Waals surface area contributed by atoms with E-state index in [1.165, 1.54) is 0 Å². The Morgan fingerprint density at radius 1 is 1.07 bits per heavy atom. The van der Waals surface area contributed by atoms with E-state index in [0.29, 0.717) is 16.1 Å². The van der Waals surface area contributed by atoms with Gasteiger partial charge in [-0.3, -0.25) is 4.79 Å². The third-order valence-corrected chi connectivity index (χ3v) is 4.54. The van der Waals surface area contributed by atoms with Crippen molar-refractivity contribution in [1.29, 1.82) is 5.53 Å². The molecule has 3 aromatic rings. The fourth-order valence-corrected chi connectivity index (χ4v) is 2.97. The zero-order valence-electron chi connectivity index (χ0n) is 14.9. The molecular weight excluding hydrogens is 356 g/mol. The molecule has 2 N–H and O–H groups in total. The van der Waals surface area contributed by atoms with E-state index in [4.69, 9.17) is 5.53 Å². The van der Waals surface area contributed by atoms with Gasteiger partial charge in [-0.25, -0.2) is 5.53 Å². The normalized spacial score (nSPS) is 10.3. The van der Waals surface area contributed by atoms with Crippen LogP contribution in [-0.2, 0) is 6.54 Å².